The molecule has 2 aromatic rings. The number of benzene rings is 1. The minimum Gasteiger partial charge on any atom is -0.323 e. The highest BCUT2D eigenvalue weighted by molar-refractivity contribution is 6.03. The number of rotatable bonds is 2. The summed E-state index contributed by atoms with van der Waals surface area (Å²) in [4.78, 5) is 11.6. The van der Waals surface area contributed by atoms with Crippen LogP contribution in [0.3, 0.4) is 0 Å². The molecule has 4 N–H and O–H groups in total. The number of nitrogens with one attached hydrogen (secondary N) is 2. The first-order valence-corrected chi connectivity index (χ1v) is 4.85. The lowest BCUT2D eigenvalue weighted by Gasteiger charge is -2.00. The van der Waals surface area contributed by atoms with Gasteiger partial charge in [-0.2, -0.15) is 5.10 Å². The molecule has 82 valence electrons. The monoisotopic (exact) mass is 216 g/mol. The van der Waals surface area contributed by atoms with Gasteiger partial charge in [-0.3, -0.25) is 15.0 Å². The van der Waals surface area contributed by atoms with Gasteiger partial charge in [-0.25, -0.2) is 0 Å². The fraction of sp³-hybridized carbons (Fsp3) is 0.0909. The third-order valence-electron chi connectivity index (χ3n) is 2.40. The normalized spacial score (nSPS) is 11.7. The molecule has 0 amide bonds. The molecule has 5 nitrogen and oxygen atoms in total. The van der Waals surface area contributed by atoms with Gasteiger partial charge < -0.3 is 5.84 Å². The average Bonchev–Trinajstić information content (AvgIpc) is 2.71. The van der Waals surface area contributed by atoms with Crippen LogP contribution in [0.25, 0.3) is 11.3 Å². The summed E-state index contributed by atoms with van der Waals surface area (Å²) in [7, 11) is 0. The van der Waals surface area contributed by atoms with Gasteiger partial charge in [0.2, 0.25) is 0 Å². The largest absolute Gasteiger partial charge is 0.323 e. The number of nitrogens with zero attached hydrogens (tertiary/aromatic N) is 1. The van der Waals surface area contributed by atoms with E-state index in [1.807, 2.05) is 30.3 Å². The summed E-state index contributed by atoms with van der Waals surface area (Å²) < 4.78 is 0. The lowest BCUT2D eigenvalue weighted by Crippen LogP contribution is -2.12. The summed E-state index contributed by atoms with van der Waals surface area (Å²) in [5, 5.41) is 8.92. The van der Waals surface area contributed by atoms with E-state index in [-0.39, 0.29) is 5.56 Å². The molecule has 0 unspecified atom stereocenters. The second-order valence-electron chi connectivity index (χ2n) is 3.41. The van der Waals surface area contributed by atoms with E-state index in [4.69, 9.17) is 5.84 Å². The zero-order valence-electron chi connectivity index (χ0n) is 8.82. The van der Waals surface area contributed by atoms with Crippen LogP contribution in [0.15, 0.2) is 40.2 Å². The van der Waals surface area contributed by atoms with Crippen LogP contribution in [0.4, 0.5) is 0 Å². The van der Waals surface area contributed by atoms with E-state index >= 15 is 0 Å². The van der Waals surface area contributed by atoms with Crippen LogP contribution in [-0.4, -0.2) is 15.9 Å². The third kappa shape index (κ3) is 1.63. The van der Waals surface area contributed by atoms with Crippen LogP contribution in [0.2, 0.25) is 0 Å². The predicted octanol–water partition coefficient (Wildman–Crippen LogP) is 1.05. The summed E-state index contributed by atoms with van der Waals surface area (Å²) in [5.74, 6) is 5.20. The highest BCUT2D eigenvalue weighted by Crippen LogP contribution is 2.18. The number of H-pyrrole nitrogens is 2. The molecule has 0 aliphatic heterocycles. The Morgan fingerprint density at radius 1 is 1.25 bits per heavy atom. The lowest BCUT2D eigenvalue weighted by atomic mass is 10.1. The first-order valence-electron chi connectivity index (χ1n) is 4.85. The van der Waals surface area contributed by atoms with E-state index < -0.39 is 0 Å². The Bertz CT molecular complexity index is 565. The van der Waals surface area contributed by atoms with Crippen molar-refractivity contribution in [2.45, 2.75) is 6.92 Å². The van der Waals surface area contributed by atoms with E-state index in [2.05, 4.69) is 15.3 Å². The molecule has 0 radical (unpaired) electrons. The van der Waals surface area contributed by atoms with Crippen LogP contribution in [0, 0.1) is 0 Å². The maximum atomic E-state index is 11.6. The highest BCUT2D eigenvalue weighted by Gasteiger charge is 2.13. The summed E-state index contributed by atoms with van der Waals surface area (Å²) >= 11 is 0. The number of hydrogen-bond acceptors (Lipinski definition) is 3. The van der Waals surface area contributed by atoms with Crippen molar-refractivity contribution in [3.8, 4) is 11.3 Å². The van der Waals surface area contributed by atoms with Gasteiger partial charge in [0.25, 0.3) is 5.56 Å². The van der Waals surface area contributed by atoms with Crippen LogP contribution in [-0.2, 0) is 0 Å². The van der Waals surface area contributed by atoms with Crippen molar-refractivity contribution in [3.63, 3.8) is 0 Å². The van der Waals surface area contributed by atoms with Crippen molar-refractivity contribution in [3.05, 3.63) is 46.2 Å². The molecule has 0 atom stereocenters. The van der Waals surface area contributed by atoms with Crippen molar-refractivity contribution in [2.75, 3.05) is 0 Å². The molecule has 0 bridgehead atoms. The van der Waals surface area contributed by atoms with Gasteiger partial charge in [0.05, 0.1) is 17.0 Å². The van der Waals surface area contributed by atoms with E-state index in [9.17, 15) is 4.79 Å². The maximum absolute atomic E-state index is 11.6. The summed E-state index contributed by atoms with van der Waals surface area (Å²) in [6, 6.07) is 9.54. The van der Waals surface area contributed by atoms with Gasteiger partial charge in [-0.15, -0.1) is 0 Å². The Kier molecular flexibility index (Phi) is 2.59. The van der Waals surface area contributed by atoms with Crippen molar-refractivity contribution >= 4 is 5.71 Å². The zero-order valence-corrected chi connectivity index (χ0v) is 8.82. The topological polar surface area (TPSA) is 87.0 Å². The fourth-order valence-corrected chi connectivity index (χ4v) is 1.59. The molecule has 1 aromatic heterocycles. The van der Waals surface area contributed by atoms with Crippen LogP contribution in [0.1, 0.15) is 12.5 Å². The number of aromatic amines is 2. The molecule has 1 heterocycles. The SMILES string of the molecule is CC(=NN)c1c(-c2ccccc2)[nH][nH]c1=O. The summed E-state index contributed by atoms with van der Waals surface area (Å²) in [5.41, 5.74) is 2.39. The number of hydrazone groups is 1. The van der Waals surface area contributed by atoms with Crippen molar-refractivity contribution in [2.24, 2.45) is 10.9 Å². The molecule has 0 saturated heterocycles. The van der Waals surface area contributed by atoms with Gasteiger partial charge in [0.1, 0.15) is 0 Å². The second-order valence-corrected chi connectivity index (χ2v) is 3.41. The van der Waals surface area contributed by atoms with E-state index in [1.165, 1.54) is 0 Å². The number of nitrogens with two attached hydrogens (primary N) is 1. The van der Waals surface area contributed by atoms with Crippen LogP contribution >= 0.6 is 0 Å². The van der Waals surface area contributed by atoms with Gasteiger partial charge in [0.15, 0.2) is 0 Å². The van der Waals surface area contributed by atoms with E-state index in [1.54, 1.807) is 6.92 Å². The van der Waals surface area contributed by atoms with Gasteiger partial charge in [-0.05, 0) is 6.92 Å². The standard InChI is InChI=1S/C11H12N4O/c1-7(13-12)9-10(14-15-11(9)16)8-5-3-2-4-6-8/h2-6H,12H2,1H3,(H2,14,15,16). The predicted molar refractivity (Wildman–Crippen MR) is 63.2 cm³/mol. The first kappa shape index (κ1) is 10.2. The molecular formula is C11H12N4O. The Morgan fingerprint density at radius 3 is 2.56 bits per heavy atom. The maximum Gasteiger partial charge on any atom is 0.273 e. The Morgan fingerprint density at radius 2 is 1.94 bits per heavy atom. The number of hydrogen-bond donors (Lipinski definition) is 3. The van der Waals surface area contributed by atoms with Gasteiger partial charge in [0, 0.05) is 5.56 Å². The van der Waals surface area contributed by atoms with Crippen LogP contribution in [0.5, 0.6) is 0 Å². The molecule has 0 aliphatic carbocycles. The Hall–Kier alpha value is -2.30. The Labute approximate surface area is 92.0 Å². The molecule has 0 fully saturated rings. The van der Waals surface area contributed by atoms with Crippen molar-refractivity contribution < 1.29 is 0 Å². The molecule has 0 aliphatic rings. The quantitative estimate of drug-likeness (QED) is 0.398. The van der Waals surface area contributed by atoms with E-state index in [0.29, 0.717) is 17.0 Å². The summed E-state index contributed by atoms with van der Waals surface area (Å²) in [6.45, 7) is 1.70. The molecule has 0 saturated carbocycles. The molecule has 2 rings (SSSR count). The van der Waals surface area contributed by atoms with Gasteiger partial charge in [-0.1, -0.05) is 30.3 Å². The molecule has 1 aromatic carbocycles. The first-order chi connectivity index (χ1) is 7.74. The fourth-order valence-electron chi connectivity index (χ4n) is 1.59. The minimum absolute atomic E-state index is 0.217. The average molecular weight is 216 g/mol. The summed E-state index contributed by atoms with van der Waals surface area (Å²) in [6.07, 6.45) is 0. The Balaban J connectivity index is 2.64. The minimum atomic E-state index is -0.217. The highest BCUT2D eigenvalue weighted by atomic mass is 16.1. The molecule has 0 spiro atoms. The number of aromatic nitrogens is 2. The smallest absolute Gasteiger partial charge is 0.273 e. The second kappa shape index (κ2) is 4.06. The van der Waals surface area contributed by atoms with E-state index in [0.717, 1.165) is 5.56 Å². The molecule has 16 heavy (non-hydrogen) atoms. The third-order valence-corrected chi connectivity index (χ3v) is 2.40. The van der Waals surface area contributed by atoms with Gasteiger partial charge >= 0.3 is 0 Å². The zero-order chi connectivity index (χ0) is 11.5. The molecular weight excluding hydrogens is 204 g/mol. The van der Waals surface area contributed by atoms with Crippen molar-refractivity contribution in [1.29, 1.82) is 0 Å². The van der Waals surface area contributed by atoms with Crippen molar-refractivity contribution in [1.82, 2.24) is 10.2 Å². The lowest BCUT2D eigenvalue weighted by molar-refractivity contribution is 1.06. The molecule has 5 heteroatoms. The van der Waals surface area contributed by atoms with Crippen LogP contribution < -0.4 is 11.4 Å².